The highest BCUT2D eigenvalue weighted by Crippen LogP contribution is 2.35. The Labute approximate surface area is 110 Å². The maximum Gasteiger partial charge on any atom is 0.363 e. The summed E-state index contributed by atoms with van der Waals surface area (Å²) in [6, 6.07) is 9.51. The van der Waals surface area contributed by atoms with Crippen LogP contribution in [0.15, 0.2) is 51.8 Å². The topological polar surface area (TPSA) is 60.4 Å². The van der Waals surface area contributed by atoms with E-state index >= 15 is 0 Å². The number of hydrogen-bond acceptors (Lipinski definition) is 5. The Kier molecular flexibility index (Phi) is 2.77. The lowest BCUT2D eigenvalue weighted by Gasteiger charge is -1.98. The van der Waals surface area contributed by atoms with Crippen molar-refractivity contribution in [2.45, 2.75) is 9.92 Å². The molecule has 0 aliphatic rings. The summed E-state index contributed by atoms with van der Waals surface area (Å²) in [4.78, 5) is 16.6. The van der Waals surface area contributed by atoms with Gasteiger partial charge in [-0.25, -0.2) is 0 Å². The monoisotopic (exact) mass is 277 g/mol. The fourth-order valence-electron chi connectivity index (χ4n) is 1.59. The van der Waals surface area contributed by atoms with Gasteiger partial charge in [-0.2, -0.15) is 9.38 Å². The van der Waals surface area contributed by atoms with E-state index in [2.05, 4.69) is 4.98 Å². The first-order valence-corrected chi connectivity index (χ1v) is 6.78. The highest BCUT2D eigenvalue weighted by molar-refractivity contribution is 7.99. The molecule has 5 nitrogen and oxygen atoms in total. The predicted molar refractivity (Wildman–Crippen MR) is 70.3 cm³/mol. The van der Waals surface area contributed by atoms with Crippen molar-refractivity contribution < 1.29 is 4.92 Å². The van der Waals surface area contributed by atoms with E-state index < -0.39 is 4.92 Å². The standard InChI is InChI=1S/C11H7N3O2S2/c15-14(16)10-9(12-11-13(10)6-7-17-11)18-8-4-2-1-3-5-8/h1-7H. The molecular formula is C11H7N3O2S2. The minimum Gasteiger partial charge on any atom is -0.358 e. The van der Waals surface area contributed by atoms with Crippen LogP contribution in [0.1, 0.15) is 0 Å². The summed E-state index contributed by atoms with van der Waals surface area (Å²) < 4.78 is 1.51. The largest absolute Gasteiger partial charge is 0.363 e. The lowest BCUT2D eigenvalue weighted by Crippen LogP contribution is -1.93. The molecule has 0 bridgehead atoms. The fraction of sp³-hybridized carbons (Fsp3) is 0. The van der Waals surface area contributed by atoms with Crippen molar-refractivity contribution in [2.75, 3.05) is 0 Å². The van der Waals surface area contributed by atoms with Gasteiger partial charge < -0.3 is 10.1 Å². The number of imidazole rings is 1. The van der Waals surface area contributed by atoms with Crippen LogP contribution < -0.4 is 0 Å². The first kappa shape index (κ1) is 11.2. The van der Waals surface area contributed by atoms with Gasteiger partial charge in [0, 0.05) is 10.3 Å². The highest BCUT2D eigenvalue weighted by Gasteiger charge is 2.24. The van der Waals surface area contributed by atoms with Gasteiger partial charge in [0.15, 0.2) is 0 Å². The minimum absolute atomic E-state index is 0.0279. The van der Waals surface area contributed by atoms with Crippen LogP contribution in [-0.2, 0) is 0 Å². The van der Waals surface area contributed by atoms with Crippen molar-refractivity contribution >= 4 is 33.9 Å². The molecule has 0 saturated carbocycles. The van der Waals surface area contributed by atoms with Gasteiger partial charge in [-0.1, -0.05) is 41.3 Å². The molecule has 3 rings (SSSR count). The zero-order chi connectivity index (χ0) is 12.5. The highest BCUT2D eigenvalue weighted by atomic mass is 32.2. The molecule has 0 N–H and O–H groups in total. The molecule has 90 valence electrons. The number of nitrogens with zero attached hydrogens (tertiary/aromatic N) is 3. The SMILES string of the molecule is O=[N+]([O-])c1c(Sc2ccccc2)nc2sccn12. The Bertz CT molecular complexity index is 705. The maximum atomic E-state index is 11.1. The minimum atomic E-state index is -0.391. The number of fused-ring (bicyclic) bond motifs is 1. The van der Waals surface area contributed by atoms with Gasteiger partial charge in [-0.15, -0.1) is 0 Å². The van der Waals surface area contributed by atoms with Gasteiger partial charge >= 0.3 is 5.82 Å². The molecule has 0 unspecified atom stereocenters. The second-order valence-corrected chi connectivity index (χ2v) is 5.40. The van der Waals surface area contributed by atoms with Crippen molar-refractivity contribution in [1.82, 2.24) is 9.38 Å². The lowest BCUT2D eigenvalue weighted by atomic mass is 10.4. The van der Waals surface area contributed by atoms with E-state index in [9.17, 15) is 10.1 Å². The van der Waals surface area contributed by atoms with E-state index in [-0.39, 0.29) is 5.82 Å². The van der Waals surface area contributed by atoms with Gasteiger partial charge in [0.2, 0.25) is 5.03 Å². The third-order valence-corrected chi connectivity index (χ3v) is 4.07. The van der Waals surface area contributed by atoms with Crippen LogP contribution in [0.3, 0.4) is 0 Å². The van der Waals surface area contributed by atoms with Crippen molar-refractivity contribution in [3.8, 4) is 0 Å². The molecule has 2 aromatic heterocycles. The normalized spacial score (nSPS) is 10.9. The Hall–Kier alpha value is -1.86. The van der Waals surface area contributed by atoms with E-state index in [0.717, 1.165) is 4.90 Å². The van der Waals surface area contributed by atoms with Gasteiger partial charge in [-0.05, 0) is 17.1 Å². The smallest absolute Gasteiger partial charge is 0.358 e. The quantitative estimate of drug-likeness (QED) is 0.543. The molecule has 0 radical (unpaired) electrons. The van der Waals surface area contributed by atoms with Crippen LogP contribution in [0.2, 0.25) is 0 Å². The van der Waals surface area contributed by atoms with Crippen LogP contribution >= 0.6 is 23.1 Å². The van der Waals surface area contributed by atoms with Crippen LogP contribution in [0.4, 0.5) is 5.82 Å². The van der Waals surface area contributed by atoms with E-state index in [0.29, 0.717) is 9.99 Å². The Balaban J connectivity index is 2.08. The average molecular weight is 277 g/mol. The van der Waals surface area contributed by atoms with E-state index in [1.54, 1.807) is 11.6 Å². The summed E-state index contributed by atoms with van der Waals surface area (Å²) in [6.07, 6.45) is 1.67. The van der Waals surface area contributed by atoms with Crippen LogP contribution in [0.5, 0.6) is 0 Å². The lowest BCUT2D eigenvalue weighted by molar-refractivity contribution is -0.393. The Morgan fingerprint density at radius 2 is 2.11 bits per heavy atom. The first-order chi connectivity index (χ1) is 8.75. The molecular weight excluding hydrogens is 270 g/mol. The van der Waals surface area contributed by atoms with Gasteiger partial charge in [0.1, 0.15) is 6.20 Å². The number of hydrogen-bond donors (Lipinski definition) is 0. The molecule has 7 heteroatoms. The molecule has 18 heavy (non-hydrogen) atoms. The zero-order valence-corrected chi connectivity index (χ0v) is 10.6. The molecule has 0 spiro atoms. The van der Waals surface area contributed by atoms with Crippen molar-refractivity contribution in [3.63, 3.8) is 0 Å². The van der Waals surface area contributed by atoms with E-state index in [4.69, 9.17) is 0 Å². The second-order valence-electron chi connectivity index (χ2n) is 3.47. The van der Waals surface area contributed by atoms with Crippen molar-refractivity contribution in [2.24, 2.45) is 0 Å². The third kappa shape index (κ3) is 1.87. The van der Waals surface area contributed by atoms with Gasteiger partial charge in [0.25, 0.3) is 4.96 Å². The zero-order valence-electron chi connectivity index (χ0n) is 9.02. The fourth-order valence-corrected chi connectivity index (χ4v) is 3.27. The number of nitro groups is 1. The Morgan fingerprint density at radius 1 is 1.33 bits per heavy atom. The van der Waals surface area contributed by atoms with Crippen LogP contribution in [0, 0.1) is 10.1 Å². The molecule has 0 amide bonds. The summed E-state index contributed by atoms with van der Waals surface area (Å²) in [5.41, 5.74) is 0. The molecule has 0 aliphatic carbocycles. The number of aromatic nitrogens is 2. The first-order valence-electron chi connectivity index (χ1n) is 5.08. The van der Waals surface area contributed by atoms with Crippen LogP contribution in [-0.4, -0.2) is 14.3 Å². The molecule has 3 aromatic rings. The molecule has 0 aliphatic heterocycles. The molecule has 0 fully saturated rings. The summed E-state index contributed by atoms with van der Waals surface area (Å²) in [6.45, 7) is 0. The van der Waals surface area contributed by atoms with Gasteiger partial charge in [0.05, 0.1) is 0 Å². The molecule has 0 saturated heterocycles. The third-order valence-electron chi connectivity index (χ3n) is 2.34. The van der Waals surface area contributed by atoms with Gasteiger partial charge in [-0.3, -0.25) is 0 Å². The van der Waals surface area contributed by atoms with E-state index in [1.807, 2.05) is 30.3 Å². The average Bonchev–Trinajstić information content (AvgIpc) is 2.89. The van der Waals surface area contributed by atoms with Crippen LogP contribution in [0.25, 0.3) is 4.96 Å². The summed E-state index contributed by atoms with van der Waals surface area (Å²) in [5, 5.41) is 13.3. The summed E-state index contributed by atoms with van der Waals surface area (Å²) in [5.74, 6) is 0.0279. The van der Waals surface area contributed by atoms with E-state index in [1.165, 1.54) is 27.5 Å². The number of benzene rings is 1. The van der Waals surface area contributed by atoms with Crippen molar-refractivity contribution in [3.05, 3.63) is 52.0 Å². The summed E-state index contributed by atoms with van der Waals surface area (Å²) in [7, 11) is 0. The van der Waals surface area contributed by atoms with Crippen molar-refractivity contribution in [1.29, 1.82) is 0 Å². The number of rotatable bonds is 3. The number of thiazole rings is 1. The predicted octanol–water partition coefficient (Wildman–Crippen LogP) is 3.46. The molecule has 2 heterocycles. The molecule has 1 aromatic carbocycles. The maximum absolute atomic E-state index is 11.1. The summed E-state index contributed by atoms with van der Waals surface area (Å²) >= 11 is 2.69. The second kappa shape index (κ2) is 4.43. The molecule has 0 atom stereocenters. The Morgan fingerprint density at radius 3 is 2.83 bits per heavy atom.